The highest BCUT2D eigenvalue weighted by molar-refractivity contribution is 6.12. The number of hydrogen-bond donors (Lipinski definition) is 4. The van der Waals surface area contributed by atoms with Gasteiger partial charge in [0.25, 0.3) is 0 Å². The van der Waals surface area contributed by atoms with E-state index in [0.717, 1.165) is 24.3 Å². The standard InChI is InChI=1S/C31H20O8/c32-19-11-28(20-13-22(26(35)15-24(20)33)30(37)17-7-3-1-4-8-17)39-29(12-19)21-14-23(27(36)16-25(21)34)31(38)18-9-5-2-6-10-18/h1-16,33-36H. The van der Waals surface area contributed by atoms with Crippen LogP contribution in [0.1, 0.15) is 31.8 Å². The maximum atomic E-state index is 13.0. The number of carbonyl (C=O) groups excluding carboxylic acids is 2. The van der Waals surface area contributed by atoms with E-state index in [1.165, 1.54) is 12.1 Å². The Balaban J connectivity index is 1.62. The molecule has 0 aliphatic heterocycles. The first-order chi connectivity index (χ1) is 18.7. The first-order valence-corrected chi connectivity index (χ1v) is 11.7. The number of benzene rings is 4. The summed E-state index contributed by atoms with van der Waals surface area (Å²) in [7, 11) is 0. The number of rotatable bonds is 6. The highest BCUT2D eigenvalue weighted by atomic mass is 16.3. The summed E-state index contributed by atoms with van der Waals surface area (Å²) in [6.07, 6.45) is 0. The Bertz CT molecular complexity index is 1660. The molecular weight excluding hydrogens is 500 g/mol. The molecule has 0 amide bonds. The number of aromatic hydroxyl groups is 4. The summed E-state index contributed by atoms with van der Waals surface area (Å²) in [5.41, 5.74) is -0.378. The number of phenolic OH excluding ortho intramolecular Hbond substituents is 4. The number of carbonyl (C=O) groups is 2. The second-order valence-electron chi connectivity index (χ2n) is 8.68. The van der Waals surface area contributed by atoms with Crippen molar-refractivity contribution in [2.24, 2.45) is 0 Å². The van der Waals surface area contributed by atoms with Gasteiger partial charge < -0.3 is 24.8 Å². The van der Waals surface area contributed by atoms with Gasteiger partial charge >= 0.3 is 0 Å². The number of ketones is 2. The molecule has 0 radical (unpaired) electrons. The summed E-state index contributed by atoms with van der Waals surface area (Å²) in [6, 6.07) is 22.8. The molecule has 39 heavy (non-hydrogen) atoms. The fraction of sp³-hybridized carbons (Fsp3) is 0. The van der Waals surface area contributed by atoms with Crippen molar-refractivity contribution in [3.05, 3.63) is 130 Å². The first-order valence-electron chi connectivity index (χ1n) is 11.7. The van der Waals surface area contributed by atoms with E-state index in [0.29, 0.717) is 11.1 Å². The van der Waals surface area contributed by atoms with Gasteiger partial charge in [0.05, 0.1) is 22.3 Å². The zero-order valence-electron chi connectivity index (χ0n) is 20.2. The molecule has 4 aromatic carbocycles. The topological polar surface area (TPSA) is 145 Å². The lowest BCUT2D eigenvalue weighted by molar-refractivity contribution is 0.102. The van der Waals surface area contributed by atoms with Crippen LogP contribution in [0.2, 0.25) is 0 Å². The van der Waals surface area contributed by atoms with Gasteiger partial charge in [-0.2, -0.15) is 0 Å². The van der Waals surface area contributed by atoms with Crippen LogP contribution in [-0.4, -0.2) is 32.0 Å². The van der Waals surface area contributed by atoms with Crippen LogP contribution in [0.25, 0.3) is 22.6 Å². The van der Waals surface area contributed by atoms with Gasteiger partial charge in [-0.05, 0) is 12.1 Å². The second-order valence-corrected chi connectivity index (χ2v) is 8.68. The van der Waals surface area contributed by atoms with E-state index in [2.05, 4.69) is 0 Å². The summed E-state index contributed by atoms with van der Waals surface area (Å²) in [4.78, 5) is 38.6. The van der Waals surface area contributed by atoms with Gasteiger partial charge in [-0.25, -0.2) is 0 Å². The maximum Gasteiger partial charge on any atom is 0.196 e. The Morgan fingerprint density at radius 2 is 0.897 bits per heavy atom. The molecule has 192 valence electrons. The molecule has 4 N–H and O–H groups in total. The Labute approximate surface area is 221 Å². The van der Waals surface area contributed by atoms with E-state index in [9.17, 15) is 34.8 Å². The lowest BCUT2D eigenvalue weighted by Gasteiger charge is -2.12. The summed E-state index contributed by atoms with van der Waals surface area (Å²) >= 11 is 0. The minimum atomic E-state index is -0.571. The summed E-state index contributed by atoms with van der Waals surface area (Å²) in [5.74, 6) is -3.24. The Morgan fingerprint density at radius 1 is 0.513 bits per heavy atom. The molecule has 0 aliphatic carbocycles. The number of hydrogen-bond acceptors (Lipinski definition) is 8. The van der Waals surface area contributed by atoms with Crippen LogP contribution < -0.4 is 5.43 Å². The van der Waals surface area contributed by atoms with E-state index in [1.807, 2.05) is 0 Å². The molecule has 5 rings (SSSR count). The van der Waals surface area contributed by atoms with Crippen LogP contribution in [0.5, 0.6) is 23.0 Å². The van der Waals surface area contributed by atoms with Gasteiger partial charge in [0.1, 0.15) is 34.5 Å². The largest absolute Gasteiger partial charge is 0.507 e. The van der Waals surface area contributed by atoms with Crippen LogP contribution in [0.15, 0.2) is 106 Å². The fourth-order valence-electron chi connectivity index (χ4n) is 4.15. The van der Waals surface area contributed by atoms with E-state index in [4.69, 9.17) is 4.42 Å². The molecule has 0 spiro atoms. The highest BCUT2D eigenvalue weighted by Crippen LogP contribution is 2.39. The van der Waals surface area contributed by atoms with Crippen molar-refractivity contribution < 1.29 is 34.4 Å². The molecule has 8 heteroatoms. The quantitative estimate of drug-likeness (QED) is 0.222. The molecule has 1 aromatic heterocycles. The molecule has 0 saturated carbocycles. The molecule has 0 fully saturated rings. The van der Waals surface area contributed by atoms with E-state index < -0.39 is 40.0 Å². The van der Waals surface area contributed by atoms with Crippen LogP contribution in [0.3, 0.4) is 0 Å². The van der Waals surface area contributed by atoms with Crippen molar-refractivity contribution in [3.8, 4) is 45.6 Å². The zero-order valence-corrected chi connectivity index (χ0v) is 20.2. The molecular formula is C31H20O8. The minimum Gasteiger partial charge on any atom is -0.507 e. The molecule has 5 aromatic rings. The van der Waals surface area contributed by atoms with Crippen LogP contribution in [-0.2, 0) is 0 Å². The summed E-state index contributed by atoms with van der Waals surface area (Å²) in [5, 5.41) is 41.8. The molecule has 0 saturated heterocycles. The normalized spacial score (nSPS) is 10.8. The summed E-state index contributed by atoms with van der Waals surface area (Å²) < 4.78 is 5.85. The molecule has 0 aliphatic rings. The lowest BCUT2D eigenvalue weighted by Crippen LogP contribution is -2.04. The van der Waals surface area contributed by atoms with E-state index >= 15 is 0 Å². The minimum absolute atomic E-state index is 0.0649. The average molecular weight is 520 g/mol. The Kier molecular flexibility index (Phi) is 6.44. The van der Waals surface area contributed by atoms with Gasteiger partial charge in [-0.15, -0.1) is 0 Å². The van der Waals surface area contributed by atoms with Crippen LogP contribution >= 0.6 is 0 Å². The molecule has 0 atom stereocenters. The van der Waals surface area contributed by atoms with Crippen molar-refractivity contribution in [2.75, 3.05) is 0 Å². The van der Waals surface area contributed by atoms with Crippen molar-refractivity contribution >= 4 is 11.6 Å². The van der Waals surface area contributed by atoms with E-state index in [1.54, 1.807) is 60.7 Å². The van der Waals surface area contributed by atoms with Crippen molar-refractivity contribution in [1.82, 2.24) is 0 Å². The molecule has 0 bridgehead atoms. The highest BCUT2D eigenvalue weighted by Gasteiger charge is 2.22. The predicted molar refractivity (Wildman–Crippen MR) is 142 cm³/mol. The third kappa shape index (κ3) is 4.86. The van der Waals surface area contributed by atoms with Gasteiger partial charge in [-0.1, -0.05) is 60.7 Å². The Morgan fingerprint density at radius 3 is 1.28 bits per heavy atom. The van der Waals surface area contributed by atoms with Crippen LogP contribution in [0.4, 0.5) is 0 Å². The SMILES string of the molecule is O=C(c1ccccc1)c1cc(-c2cc(=O)cc(-c3cc(C(=O)c4ccccc4)c(O)cc3O)o2)c(O)cc1O. The smallest absolute Gasteiger partial charge is 0.196 e. The summed E-state index contributed by atoms with van der Waals surface area (Å²) in [6.45, 7) is 0. The third-order valence-electron chi connectivity index (χ3n) is 6.09. The Hall–Kier alpha value is -5.63. The first kappa shape index (κ1) is 25.0. The van der Waals surface area contributed by atoms with Crippen molar-refractivity contribution in [1.29, 1.82) is 0 Å². The predicted octanol–water partition coefficient (Wildman–Crippen LogP) is 5.26. The fourth-order valence-corrected chi connectivity index (χ4v) is 4.15. The van der Waals surface area contributed by atoms with Crippen LogP contribution in [0, 0.1) is 0 Å². The average Bonchev–Trinajstić information content (AvgIpc) is 2.93. The third-order valence-corrected chi connectivity index (χ3v) is 6.09. The van der Waals surface area contributed by atoms with Gasteiger partial charge in [-0.3, -0.25) is 14.4 Å². The maximum absolute atomic E-state index is 13.0. The van der Waals surface area contributed by atoms with E-state index in [-0.39, 0.29) is 33.8 Å². The zero-order chi connectivity index (χ0) is 27.7. The van der Waals surface area contributed by atoms with Crippen molar-refractivity contribution in [3.63, 3.8) is 0 Å². The molecule has 0 unspecified atom stereocenters. The van der Waals surface area contributed by atoms with Gasteiger partial charge in [0.15, 0.2) is 17.0 Å². The van der Waals surface area contributed by atoms with Gasteiger partial charge in [0.2, 0.25) is 0 Å². The molecule has 1 heterocycles. The monoisotopic (exact) mass is 520 g/mol. The second kappa shape index (κ2) is 10.0. The van der Waals surface area contributed by atoms with Gasteiger partial charge in [0, 0.05) is 35.4 Å². The number of phenols is 4. The van der Waals surface area contributed by atoms with Crippen molar-refractivity contribution in [2.45, 2.75) is 0 Å². The lowest BCUT2D eigenvalue weighted by atomic mass is 9.97. The molecule has 8 nitrogen and oxygen atoms in total.